The van der Waals surface area contributed by atoms with Crippen molar-refractivity contribution in [2.75, 3.05) is 19.5 Å². The first-order chi connectivity index (χ1) is 16.1. The smallest absolute Gasteiger partial charge is 0.296 e. The standard InChI is InChI=1S/C18H17N3O11S3/c1-19-13-8-11(33(23,24)25)5-9-6-15(35(29,30)31)17(18(22)16(9)13)21-20-12-4-3-10(32-2)7-14(12)34(26,27)28/h3-8,19,22H,1-2H3,(H,23,24,25)(H,26,27,28)(H,29,30,31). The number of nitrogens with one attached hydrogen (secondary N) is 1. The van der Waals surface area contributed by atoms with Crippen LogP contribution in [0.4, 0.5) is 17.1 Å². The van der Waals surface area contributed by atoms with Crippen molar-refractivity contribution in [1.29, 1.82) is 0 Å². The zero-order chi connectivity index (χ0) is 26.3. The molecule has 0 saturated heterocycles. The molecule has 0 aliphatic carbocycles. The van der Waals surface area contributed by atoms with E-state index in [2.05, 4.69) is 15.5 Å². The average molecular weight is 548 g/mol. The van der Waals surface area contributed by atoms with E-state index in [1.54, 1.807) is 0 Å². The minimum absolute atomic E-state index is 0.0389. The first-order valence-electron chi connectivity index (χ1n) is 9.11. The van der Waals surface area contributed by atoms with Crippen molar-refractivity contribution in [3.63, 3.8) is 0 Å². The Bertz CT molecular complexity index is 1700. The first-order valence-corrected chi connectivity index (χ1v) is 13.4. The third-order valence-corrected chi connectivity index (χ3v) is 7.25. The van der Waals surface area contributed by atoms with Crippen LogP contribution in [0.2, 0.25) is 0 Å². The first kappa shape index (κ1) is 26.3. The van der Waals surface area contributed by atoms with Crippen LogP contribution in [0.1, 0.15) is 0 Å². The maximum atomic E-state index is 12.0. The summed E-state index contributed by atoms with van der Waals surface area (Å²) >= 11 is 0. The van der Waals surface area contributed by atoms with Crippen LogP contribution in [0.25, 0.3) is 10.8 Å². The van der Waals surface area contributed by atoms with Crippen LogP contribution in [0.5, 0.6) is 11.5 Å². The maximum absolute atomic E-state index is 12.0. The predicted molar refractivity (Wildman–Crippen MR) is 122 cm³/mol. The van der Waals surface area contributed by atoms with Crippen LogP contribution in [-0.2, 0) is 30.4 Å². The van der Waals surface area contributed by atoms with Gasteiger partial charge in [-0.15, -0.1) is 10.2 Å². The molecule has 0 spiro atoms. The van der Waals surface area contributed by atoms with E-state index < -0.39 is 62.2 Å². The fraction of sp³-hybridized carbons (Fsp3) is 0.111. The highest BCUT2D eigenvalue weighted by Crippen LogP contribution is 2.45. The fourth-order valence-electron chi connectivity index (χ4n) is 3.11. The zero-order valence-electron chi connectivity index (χ0n) is 17.7. The van der Waals surface area contributed by atoms with E-state index in [1.165, 1.54) is 20.2 Å². The molecular formula is C18H17N3O11S3. The van der Waals surface area contributed by atoms with E-state index in [-0.39, 0.29) is 22.2 Å². The Morgan fingerprint density at radius 1 is 0.829 bits per heavy atom. The van der Waals surface area contributed by atoms with E-state index >= 15 is 0 Å². The van der Waals surface area contributed by atoms with Crippen molar-refractivity contribution in [2.45, 2.75) is 14.7 Å². The molecule has 0 saturated carbocycles. The monoisotopic (exact) mass is 547 g/mol. The average Bonchev–Trinajstić information content (AvgIpc) is 2.75. The number of hydrogen-bond acceptors (Lipinski definition) is 11. The Kier molecular flexibility index (Phi) is 6.77. The molecule has 0 aliphatic rings. The van der Waals surface area contributed by atoms with E-state index in [0.717, 1.165) is 30.3 Å². The molecule has 0 aromatic heterocycles. The van der Waals surface area contributed by atoms with Crippen molar-refractivity contribution >= 4 is 58.2 Å². The largest absolute Gasteiger partial charge is 0.505 e. The second-order valence-electron chi connectivity index (χ2n) is 6.85. The van der Waals surface area contributed by atoms with E-state index in [1.807, 2.05) is 0 Å². The lowest BCUT2D eigenvalue weighted by molar-refractivity contribution is 0.412. The summed E-state index contributed by atoms with van der Waals surface area (Å²) in [7, 11) is -12.1. The number of ether oxygens (including phenoxy) is 1. The molecule has 17 heteroatoms. The van der Waals surface area contributed by atoms with Gasteiger partial charge in [0, 0.05) is 24.2 Å². The van der Waals surface area contributed by atoms with Crippen LogP contribution >= 0.6 is 0 Å². The van der Waals surface area contributed by atoms with Gasteiger partial charge >= 0.3 is 0 Å². The number of phenols is 1. The quantitative estimate of drug-likeness (QED) is 0.212. The molecule has 14 nitrogen and oxygen atoms in total. The Morgan fingerprint density at radius 2 is 1.46 bits per heavy atom. The zero-order valence-corrected chi connectivity index (χ0v) is 20.2. The summed E-state index contributed by atoms with van der Waals surface area (Å²) < 4.78 is 104. The van der Waals surface area contributed by atoms with Gasteiger partial charge in [0.15, 0.2) is 5.75 Å². The van der Waals surface area contributed by atoms with Crippen LogP contribution in [-0.4, -0.2) is 58.2 Å². The summed E-state index contributed by atoms with van der Waals surface area (Å²) in [6, 6.07) is 5.83. The molecule has 0 atom stereocenters. The second kappa shape index (κ2) is 9.02. The number of methoxy groups -OCH3 is 1. The number of rotatable bonds is 7. The molecule has 3 rings (SSSR count). The molecule has 0 unspecified atom stereocenters. The number of benzene rings is 3. The highest BCUT2D eigenvalue weighted by Gasteiger charge is 2.25. The Morgan fingerprint density at radius 3 is 1.97 bits per heavy atom. The van der Waals surface area contributed by atoms with E-state index in [9.17, 15) is 44.0 Å². The van der Waals surface area contributed by atoms with Gasteiger partial charge in [0.05, 0.1) is 12.0 Å². The maximum Gasteiger partial charge on any atom is 0.296 e. The van der Waals surface area contributed by atoms with Gasteiger partial charge in [-0.1, -0.05) is 0 Å². The highest BCUT2D eigenvalue weighted by atomic mass is 32.2. The molecule has 5 N–H and O–H groups in total. The van der Waals surface area contributed by atoms with Crippen molar-refractivity contribution in [3.8, 4) is 11.5 Å². The molecule has 0 bridgehead atoms. The predicted octanol–water partition coefficient (Wildman–Crippen LogP) is 2.75. The lowest BCUT2D eigenvalue weighted by atomic mass is 10.1. The van der Waals surface area contributed by atoms with Crippen LogP contribution in [0.3, 0.4) is 0 Å². The van der Waals surface area contributed by atoms with Gasteiger partial charge in [0.2, 0.25) is 0 Å². The molecule has 3 aromatic rings. The molecule has 35 heavy (non-hydrogen) atoms. The summed E-state index contributed by atoms with van der Waals surface area (Å²) in [4.78, 5) is -2.40. The Balaban J connectivity index is 2.38. The molecule has 0 radical (unpaired) electrons. The van der Waals surface area contributed by atoms with Crippen molar-refractivity contribution in [2.24, 2.45) is 10.2 Å². The third kappa shape index (κ3) is 5.34. The molecule has 188 valence electrons. The Labute approximate surface area is 199 Å². The molecule has 0 aliphatic heterocycles. The third-order valence-electron chi connectivity index (χ3n) is 4.67. The number of phenolic OH excluding ortho intramolecular Hbond substituents is 1. The summed E-state index contributed by atoms with van der Waals surface area (Å²) in [5.74, 6) is -0.843. The SMILES string of the molecule is CNc1cc(S(=O)(=O)O)cc2cc(S(=O)(=O)O)c(N=Nc3ccc(OC)cc3S(=O)(=O)O)c(O)c12. The summed E-state index contributed by atoms with van der Waals surface area (Å²) in [5.41, 5.74) is -1.37. The van der Waals surface area contributed by atoms with Gasteiger partial charge in [-0.2, -0.15) is 25.3 Å². The minimum Gasteiger partial charge on any atom is -0.505 e. The van der Waals surface area contributed by atoms with Gasteiger partial charge in [-0.25, -0.2) is 0 Å². The van der Waals surface area contributed by atoms with Crippen LogP contribution in [0, 0.1) is 0 Å². The highest BCUT2D eigenvalue weighted by molar-refractivity contribution is 7.86. The number of nitrogens with zero attached hydrogens (tertiary/aromatic N) is 2. The topological polar surface area (TPSA) is 229 Å². The summed E-state index contributed by atoms with van der Waals surface area (Å²) in [6.45, 7) is 0. The van der Waals surface area contributed by atoms with Crippen LogP contribution < -0.4 is 10.1 Å². The molecule has 0 fully saturated rings. The lowest BCUT2D eigenvalue weighted by Crippen LogP contribution is -2.03. The summed E-state index contributed by atoms with van der Waals surface area (Å²) in [6.07, 6.45) is 0. The number of aromatic hydroxyl groups is 1. The van der Waals surface area contributed by atoms with Crippen molar-refractivity contribution < 1.29 is 48.8 Å². The van der Waals surface area contributed by atoms with Gasteiger partial charge in [-0.05, 0) is 35.7 Å². The number of fused-ring (bicyclic) bond motifs is 1. The van der Waals surface area contributed by atoms with Gasteiger partial charge in [0.1, 0.15) is 26.9 Å². The molecule has 0 heterocycles. The summed E-state index contributed by atoms with van der Waals surface area (Å²) in [5, 5.41) is 20.2. The molecular weight excluding hydrogens is 530 g/mol. The van der Waals surface area contributed by atoms with Gasteiger partial charge < -0.3 is 15.2 Å². The molecule has 3 aromatic carbocycles. The van der Waals surface area contributed by atoms with Crippen molar-refractivity contribution in [3.05, 3.63) is 36.4 Å². The Hall–Kier alpha value is -3.35. The number of hydrogen-bond donors (Lipinski definition) is 5. The van der Waals surface area contributed by atoms with Gasteiger partial charge in [-0.3, -0.25) is 13.7 Å². The molecule has 0 amide bonds. The van der Waals surface area contributed by atoms with Crippen molar-refractivity contribution in [1.82, 2.24) is 0 Å². The van der Waals surface area contributed by atoms with E-state index in [4.69, 9.17) is 4.74 Å². The number of azo groups is 1. The number of anilines is 1. The normalized spacial score (nSPS) is 12.8. The van der Waals surface area contributed by atoms with Crippen LogP contribution in [0.15, 0.2) is 61.3 Å². The second-order valence-corrected chi connectivity index (χ2v) is 11.1. The van der Waals surface area contributed by atoms with Gasteiger partial charge in [0.25, 0.3) is 30.4 Å². The minimum atomic E-state index is -5.10. The van der Waals surface area contributed by atoms with E-state index in [0.29, 0.717) is 0 Å². The fourth-order valence-corrected chi connectivity index (χ4v) is 4.95. The lowest BCUT2D eigenvalue weighted by Gasteiger charge is -2.13.